The highest BCUT2D eigenvalue weighted by Crippen LogP contribution is 2.39. The van der Waals surface area contributed by atoms with Gasteiger partial charge in [0.25, 0.3) is 0 Å². The minimum Gasteiger partial charge on any atom is -0.468 e. The number of nitrogens with zero attached hydrogens (tertiary/aromatic N) is 2. The Bertz CT molecular complexity index is 1100. The van der Waals surface area contributed by atoms with Gasteiger partial charge < -0.3 is 9.64 Å². The smallest absolute Gasteiger partial charge is 0.316 e. The molecule has 2 aliphatic rings. The summed E-state index contributed by atoms with van der Waals surface area (Å²) in [5, 5.41) is -0.108. The number of hydrogen-bond donors (Lipinski definition) is 0. The molecule has 1 amide bonds. The second kappa shape index (κ2) is 10.6. The Morgan fingerprint density at radius 2 is 1.80 bits per heavy atom. The van der Waals surface area contributed by atoms with Crippen molar-refractivity contribution in [2.45, 2.75) is 62.8 Å². The first-order valence-electron chi connectivity index (χ1n) is 12.1. The molecule has 0 bridgehead atoms. The first-order chi connectivity index (χ1) is 16.8. The number of piperidine rings is 1. The summed E-state index contributed by atoms with van der Waals surface area (Å²) < 4.78 is 35.9. The van der Waals surface area contributed by atoms with Gasteiger partial charge in [-0.15, -0.1) is 0 Å². The molecule has 188 valence electrons. The van der Waals surface area contributed by atoms with Gasteiger partial charge in [-0.3, -0.25) is 9.59 Å². The third kappa shape index (κ3) is 5.05. The molecule has 0 spiro atoms. The van der Waals surface area contributed by atoms with Crippen LogP contribution in [0.1, 0.15) is 61.5 Å². The average Bonchev–Trinajstić information content (AvgIpc) is 2.87. The molecule has 6 nitrogen and oxygen atoms in total. The second-order valence-corrected chi connectivity index (χ2v) is 11.2. The maximum atomic E-state index is 15.4. The molecular formula is C27H33FN2O4S. The lowest BCUT2D eigenvalue weighted by Gasteiger charge is -2.40. The van der Waals surface area contributed by atoms with Crippen LogP contribution >= 0.6 is 0 Å². The fourth-order valence-corrected chi connectivity index (χ4v) is 7.08. The monoisotopic (exact) mass is 500 g/mol. The third-order valence-electron chi connectivity index (χ3n) is 7.55. The fourth-order valence-electron chi connectivity index (χ4n) is 5.30. The Morgan fingerprint density at radius 1 is 1.11 bits per heavy atom. The van der Waals surface area contributed by atoms with Crippen molar-refractivity contribution in [1.82, 2.24) is 9.21 Å². The largest absolute Gasteiger partial charge is 0.468 e. The standard InChI is InChI=1S/C27H33FN2O4S/c1-19-9-12-25(21-7-5-4-6-8-21)35(33)30(19)18-22-10-11-23(17-24(22)28)27(26(32)34-3)13-15-29(16-14-27)20(2)31/h4-8,10-11,17,19,25H,9,12-16,18H2,1-3H3/t19-,25+,35?/m0/s1. The Balaban J connectivity index is 1.57. The molecule has 2 fully saturated rings. The van der Waals surface area contributed by atoms with Crippen molar-refractivity contribution in [3.8, 4) is 0 Å². The first kappa shape index (κ1) is 25.5. The van der Waals surface area contributed by atoms with E-state index in [-0.39, 0.29) is 23.7 Å². The molecule has 1 unspecified atom stereocenters. The molecule has 0 N–H and O–H groups in total. The number of esters is 1. The van der Waals surface area contributed by atoms with Crippen LogP contribution in [0.15, 0.2) is 48.5 Å². The van der Waals surface area contributed by atoms with Crippen molar-refractivity contribution in [3.05, 3.63) is 71.0 Å². The van der Waals surface area contributed by atoms with E-state index in [1.807, 2.05) is 41.6 Å². The molecule has 2 heterocycles. The molecule has 0 aromatic heterocycles. The lowest BCUT2D eigenvalue weighted by Crippen LogP contribution is -2.49. The van der Waals surface area contributed by atoms with E-state index < -0.39 is 28.2 Å². The molecule has 2 aliphatic heterocycles. The minimum atomic E-state index is -1.29. The predicted molar refractivity (Wildman–Crippen MR) is 133 cm³/mol. The van der Waals surface area contributed by atoms with Crippen LogP contribution < -0.4 is 0 Å². The summed E-state index contributed by atoms with van der Waals surface area (Å²) in [6.07, 6.45) is 2.46. The maximum Gasteiger partial charge on any atom is 0.316 e. The van der Waals surface area contributed by atoms with Crippen molar-refractivity contribution in [2.24, 2.45) is 0 Å². The van der Waals surface area contributed by atoms with Crippen molar-refractivity contribution in [2.75, 3.05) is 20.2 Å². The Hall–Kier alpha value is -2.58. The van der Waals surface area contributed by atoms with Crippen LogP contribution in [0.5, 0.6) is 0 Å². The van der Waals surface area contributed by atoms with Crippen LogP contribution in [0.3, 0.4) is 0 Å². The number of benzene rings is 2. The fraction of sp³-hybridized carbons (Fsp3) is 0.481. The third-order valence-corrected chi connectivity index (χ3v) is 9.50. The lowest BCUT2D eigenvalue weighted by molar-refractivity contribution is -0.151. The van der Waals surface area contributed by atoms with Crippen LogP contribution in [0.25, 0.3) is 0 Å². The SMILES string of the molecule is COC(=O)C1(c2ccc(CN3[C@@H](C)CC[C@H](c4ccccc4)S3=O)c(F)c2)CCN(C(C)=O)CC1. The Morgan fingerprint density at radius 3 is 2.40 bits per heavy atom. The minimum absolute atomic E-state index is 0.0394. The quantitative estimate of drug-likeness (QED) is 0.575. The van der Waals surface area contributed by atoms with Crippen LogP contribution in [-0.4, -0.2) is 51.5 Å². The van der Waals surface area contributed by atoms with E-state index in [2.05, 4.69) is 0 Å². The number of methoxy groups -OCH3 is 1. The molecule has 0 aliphatic carbocycles. The summed E-state index contributed by atoms with van der Waals surface area (Å²) in [7, 11) is 0.0499. The number of hydrogen-bond acceptors (Lipinski definition) is 4. The second-order valence-electron chi connectivity index (χ2n) is 9.56. The predicted octanol–water partition coefficient (Wildman–Crippen LogP) is 4.27. The van der Waals surface area contributed by atoms with Gasteiger partial charge in [0.2, 0.25) is 5.91 Å². The summed E-state index contributed by atoms with van der Waals surface area (Å²) in [5.74, 6) is -0.877. The van der Waals surface area contributed by atoms with Gasteiger partial charge in [-0.05, 0) is 49.8 Å². The highest BCUT2D eigenvalue weighted by Gasteiger charge is 2.45. The molecule has 0 saturated carbocycles. The van der Waals surface area contributed by atoms with Gasteiger partial charge in [0.1, 0.15) is 16.8 Å². The average molecular weight is 501 g/mol. The molecule has 2 saturated heterocycles. The maximum absolute atomic E-state index is 15.4. The van der Waals surface area contributed by atoms with Gasteiger partial charge in [0, 0.05) is 38.2 Å². The molecule has 35 heavy (non-hydrogen) atoms. The van der Waals surface area contributed by atoms with Crippen LogP contribution in [0, 0.1) is 5.82 Å². The number of halogens is 1. The van der Waals surface area contributed by atoms with Gasteiger partial charge in [-0.25, -0.2) is 12.9 Å². The number of ether oxygens (including phenoxy) is 1. The Labute approximate surface area is 209 Å². The van der Waals surface area contributed by atoms with Crippen molar-refractivity contribution >= 4 is 22.9 Å². The van der Waals surface area contributed by atoms with E-state index >= 15 is 4.39 Å². The highest BCUT2D eigenvalue weighted by atomic mass is 32.2. The molecule has 8 heteroatoms. The van der Waals surface area contributed by atoms with Gasteiger partial charge >= 0.3 is 5.97 Å². The molecule has 2 aromatic rings. The number of carbonyl (C=O) groups is 2. The number of carbonyl (C=O) groups excluding carboxylic acids is 2. The summed E-state index contributed by atoms with van der Waals surface area (Å²) in [4.78, 5) is 26.3. The summed E-state index contributed by atoms with van der Waals surface area (Å²) in [6, 6.07) is 14.8. The highest BCUT2D eigenvalue weighted by molar-refractivity contribution is 7.83. The summed E-state index contributed by atoms with van der Waals surface area (Å²) in [5.41, 5.74) is 1.06. The molecule has 2 aromatic carbocycles. The van der Waals surface area contributed by atoms with E-state index in [1.54, 1.807) is 17.0 Å². The van der Waals surface area contributed by atoms with Gasteiger partial charge in [-0.1, -0.05) is 42.5 Å². The van der Waals surface area contributed by atoms with E-state index in [0.29, 0.717) is 37.1 Å². The molecular weight excluding hydrogens is 467 g/mol. The zero-order valence-corrected chi connectivity index (χ0v) is 21.4. The molecule has 3 atom stereocenters. The van der Waals surface area contributed by atoms with Crippen molar-refractivity contribution in [3.63, 3.8) is 0 Å². The zero-order valence-electron chi connectivity index (χ0n) is 20.5. The van der Waals surface area contributed by atoms with Crippen LogP contribution in [0.4, 0.5) is 4.39 Å². The Kier molecular flexibility index (Phi) is 7.71. The lowest BCUT2D eigenvalue weighted by atomic mass is 9.72. The number of rotatable bonds is 5. The van der Waals surface area contributed by atoms with Crippen LogP contribution in [0.2, 0.25) is 0 Å². The van der Waals surface area contributed by atoms with E-state index in [1.165, 1.54) is 20.1 Å². The first-order valence-corrected chi connectivity index (χ1v) is 13.3. The molecule has 4 rings (SSSR count). The normalized spacial score (nSPS) is 24.7. The van der Waals surface area contributed by atoms with Crippen molar-refractivity contribution < 1.29 is 22.9 Å². The number of likely N-dealkylation sites (tertiary alicyclic amines) is 1. The summed E-state index contributed by atoms with van der Waals surface area (Å²) in [6.45, 7) is 4.60. The van der Waals surface area contributed by atoms with Gasteiger partial charge in [0.05, 0.1) is 17.8 Å². The zero-order chi connectivity index (χ0) is 25.2. The topological polar surface area (TPSA) is 66.9 Å². The van der Waals surface area contributed by atoms with E-state index in [4.69, 9.17) is 4.74 Å². The van der Waals surface area contributed by atoms with Gasteiger partial charge in [0.15, 0.2) is 0 Å². The van der Waals surface area contributed by atoms with E-state index in [9.17, 15) is 13.8 Å². The summed E-state index contributed by atoms with van der Waals surface area (Å²) >= 11 is 0. The van der Waals surface area contributed by atoms with Crippen molar-refractivity contribution in [1.29, 1.82) is 0 Å². The number of amides is 1. The van der Waals surface area contributed by atoms with E-state index in [0.717, 1.165) is 18.4 Å². The molecule has 0 radical (unpaired) electrons. The van der Waals surface area contributed by atoms with Crippen LogP contribution in [-0.2, 0) is 37.3 Å². The van der Waals surface area contributed by atoms with Gasteiger partial charge in [-0.2, -0.15) is 0 Å².